The lowest BCUT2D eigenvalue weighted by atomic mass is 9.91. The predicted octanol–water partition coefficient (Wildman–Crippen LogP) is 5.32. The average Bonchev–Trinajstić information content (AvgIpc) is 3.38. The molecule has 13 heteroatoms. The Morgan fingerprint density at radius 2 is 1.86 bits per heavy atom. The van der Waals surface area contributed by atoms with E-state index in [4.69, 9.17) is 14.5 Å². The quantitative estimate of drug-likeness (QED) is 0.199. The zero-order valence-corrected chi connectivity index (χ0v) is 30.0. The largest absolute Gasteiger partial charge is 0.497 e. The fourth-order valence-corrected chi connectivity index (χ4v) is 8.35. The first-order valence-corrected chi connectivity index (χ1v) is 18.6. The molecule has 2 aromatic heterocycles. The van der Waals surface area contributed by atoms with E-state index in [1.807, 2.05) is 75.4 Å². The van der Waals surface area contributed by atoms with Gasteiger partial charge in [-0.1, -0.05) is 63.2 Å². The lowest BCUT2D eigenvalue weighted by Gasteiger charge is -2.28. The summed E-state index contributed by atoms with van der Waals surface area (Å²) in [6.07, 6.45) is 1.44. The van der Waals surface area contributed by atoms with Gasteiger partial charge in [0.1, 0.15) is 33.4 Å². The number of pyridine rings is 1. The number of ether oxygens (including phenoxy) is 2. The van der Waals surface area contributed by atoms with Crippen molar-refractivity contribution < 1.29 is 32.3 Å². The third kappa shape index (κ3) is 7.24. The lowest BCUT2D eigenvalue weighted by molar-refractivity contribution is -0.141. The third-order valence-corrected chi connectivity index (χ3v) is 11.7. The van der Waals surface area contributed by atoms with Crippen LogP contribution in [0.15, 0.2) is 89.0 Å². The molecule has 50 heavy (non-hydrogen) atoms. The van der Waals surface area contributed by atoms with Gasteiger partial charge in [0, 0.05) is 41.8 Å². The van der Waals surface area contributed by atoms with Crippen LogP contribution in [0, 0.1) is 11.3 Å². The van der Waals surface area contributed by atoms with E-state index in [1.165, 1.54) is 17.0 Å². The number of aromatic nitrogens is 1. The molecule has 1 aliphatic carbocycles. The number of sulfonamides is 1. The highest BCUT2D eigenvalue weighted by Crippen LogP contribution is 2.45. The number of amides is 3. The van der Waals surface area contributed by atoms with Gasteiger partial charge in [-0.2, -0.15) is 0 Å². The highest BCUT2D eigenvalue weighted by atomic mass is 32.2. The topological polar surface area (TPSA) is 144 Å². The van der Waals surface area contributed by atoms with Crippen molar-refractivity contribution in [3.63, 3.8) is 0 Å². The first-order chi connectivity index (χ1) is 23.7. The number of rotatable bonds is 11. The molecule has 2 N–H and O–H groups in total. The second-order valence-corrected chi connectivity index (χ2v) is 16.8. The summed E-state index contributed by atoms with van der Waals surface area (Å²) in [7, 11) is -2.56. The van der Waals surface area contributed by atoms with Gasteiger partial charge in [0.15, 0.2) is 0 Å². The molecule has 1 saturated heterocycles. The third-order valence-electron chi connectivity index (χ3n) is 8.95. The van der Waals surface area contributed by atoms with Gasteiger partial charge in [0.2, 0.25) is 11.8 Å². The lowest BCUT2D eigenvalue weighted by Crippen LogP contribution is -2.56. The van der Waals surface area contributed by atoms with Crippen LogP contribution in [0.3, 0.4) is 0 Å². The molecule has 11 nitrogen and oxygen atoms in total. The molecule has 6 rings (SSSR count). The Morgan fingerprint density at radius 1 is 1.10 bits per heavy atom. The van der Waals surface area contributed by atoms with Crippen molar-refractivity contribution in [3.8, 4) is 22.8 Å². The number of hydrogen-bond donors (Lipinski definition) is 2. The van der Waals surface area contributed by atoms with Gasteiger partial charge in [-0.05, 0) is 35.4 Å². The van der Waals surface area contributed by atoms with Crippen molar-refractivity contribution in [2.24, 2.45) is 11.3 Å². The molecule has 1 aliphatic heterocycles. The Labute approximate surface area is 295 Å². The smallest absolute Gasteiger partial charge is 0.273 e. The van der Waals surface area contributed by atoms with Crippen molar-refractivity contribution >= 4 is 50.0 Å². The van der Waals surface area contributed by atoms with E-state index in [9.17, 15) is 22.8 Å². The van der Waals surface area contributed by atoms with Gasteiger partial charge < -0.3 is 19.7 Å². The van der Waals surface area contributed by atoms with Gasteiger partial charge in [-0.3, -0.25) is 14.4 Å². The second kappa shape index (κ2) is 13.5. The van der Waals surface area contributed by atoms with Crippen LogP contribution in [0.5, 0.6) is 11.5 Å². The van der Waals surface area contributed by atoms with E-state index in [0.29, 0.717) is 22.7 Å². The minimum absolute atomic E-state index is 0.0182. The Hall–Kier alpha value is -4.75. The van der Waals surface area contributed by atoms with Crippen LogP contribution in [-0.4, -0.2) is 67.4 Å². The van der Waals surface area contributed by atoms with Crippen LogP contribution in [-0.2, 0) is 24.4 Å². The molecule has 262 valence electrons. The summed E-state index contributed by atoms with van der Waals surface area (Å²) in [5.74, 6) is -0.969. The molecule has 2 aromatic carbocycles. The van der Waals surface area contributed by atoms with Gasteiger partial charge in [0.25, 0.3) is 15.9 Å². The minimum atomic E-state index is -4.14. The molecule has 3 heterocycles. The number of fused-ring (bicyclic) bond motifs is 1. The molecule has 2 fully saturated rings. The van der Waals surface area contributed by atoms with Crippen LogP contribution < -0.4 is 19.5 Å². The highest BCUT2D eigenvalue weighted by Gasteiger charge is 2.61. The summed E-state index contributed by atoms with van der Waals surface area (Å²) in [6.45, 7) is 9.74. The van der Waals surface area contributed by atoms with Crippen molar-refractivity contribution in [2.75, 3.05) is 13.7 Å². The Balaban J connectivity index is 1.29. The van der Waals surface area contributed by atoms with Crippen molar-refractivity contribution in [2.45, 2.75) is 61.9 Å². The predicted molar refractivity (Wildman–Crippen MR) is 191 cm³/mol. The number of hydrogen-bond acceptors (Lipinski definition) is 9. The molecule has 0 bridgehead atoms. The molecule has 3 amide bonds. The van der Waals surface area contributed by atoms with Crippen molar-refractivity contribution in [3.05, 3.63) is 84.8 Å². The molecule has 4 unspecified atom stereocenters. The molecular formula is C37H40N4O7S2. The van der Waals surface area contributed by atoms with E-state index in [-0.39, 0.29) is 41.3 Å². The standard InChI is InChI=1S/C37H40N4O7S2/c1-6-24-20-37(24,35(44)40-50(45,46)33-13-10-16-49-33)39-34(43)30-18-26(22-41(30)32(42)21-36(2,3)4)48-31-19-28(23-11-8-7-9-12-23)38-29-17-25(47-5)14-15-27(29)31/h6-17,19,24,26,30H,1,18,20-22H2,2-5H3,(H,39,43)(H,40,44). The molecule has 1 saturated carbocycles. The number of thiophene rings is 1. The van der Waals surface area contributed by atoms with Crippen LogP contribution >= 0.6 is 11.3 Å². The summed E-state index contributed by atoms with van der Waals surface area (Å²) >= 11 is 0.976. The normalized spacial score (nSPS) is 21.8. The summed E-state index contributed by atoms with van der Waals surface area (Å²) in [4.78, 5) is 47.7. The summed E-state index contributed by atoms with van der Waals surface area (Å²) in [5, 5.41) is 5.16. The first kappa shape index (κ1) is 35.1. The Bertz CT molecular complexity index is 2040. The number of carbonyl (C=O) groups excluding carboxylic acids is 3. The molecule has 4 atom stereocenters. The zero-order chi connectivity index (χ0) is 35.8. The fourth-order valence-electron chi connectivity index (χ4n) is 6.32. The van der Waals surface area contributed by atoms with Gasteiger partial charge >= 0.3 is 0 Å². The summed E-state index contributed by atoms with van der Waals surface area (Å²) in [6, 6.07) is 19.0. The maximum Gasteiger partial charge on any atom is 0.273 e. The Morgan fingerprint density at radius 3 is 2.50 bits per heavy atom. The van der Waals surface area contributed by atoms with E-state index in [1.54, 1.807) is 18.6 Å². The second-order valence-electron chi connectivity index (χ2n) is 13.9. The van der Waals surface area contributed by atoms with Crippen LogP contribution in [0.2, 0.25) is 0 Å². The van der Waals surface area contributed by atoms with Gasteiger partial charge in [-0.25, -0.2) is 18.1 Å². The molecule has 0 spiro atoms. The van der Waals surface area contributed by atoms with Crippen LogP contribution in [0.4, 0.5) is 0 Å². The van der Waals surface area contributed by atoms with Crippen LogP contribution in [0.1, 0.15) is 40.0 Å². The Kier molecular flexibility index (Phi) is 9.49. The van der Waals surface area contributed by atoms with E-state index >= 15 is 0 Å². The number of carbonyl (C=O) groups is 3. The molecule has 4 aromatic rings. The number of nitrogens with zero attached hydrogens (tertiary/aromatic N) is 2. The van der Waals surface area contributed by atoms with Gasteiger partial charge in [-0.15, -0.1) is 17.9 Å². The number of benzene rings is 2. The van der Waals surface area contributed by atoms with Crippen molar-refractivity contribution in [1.82, 2.24) is 19.9 Å². The molecular weight excluding hydrogens is 677 g/mol. The summed E-state index contributed by atoms with van der Waals surface area (Å²) < 4.78 is 40.0. The maximum absolute atomic E-state index is 14.1. The van der Waals surface area contributed by atoms with Crippen LogP contribution in [0.25, 0.3) is 22.2 Å². The minimum Gasteiger partial charge on any atom is -0.497 e. The summed E-state index contributed by atoms with van der Waals surface area (Å²) in [5.41, 5.74) is 0.348. The monoisotopic (exact) mass is 716 g/mol. The average molecular weight is 717 g/mol. The molecule has 0 radical (unpaired) electrons. The fraction of sp³-hybridized carbons (Fsp3) is 0.351. The maximum atomic E-state index is 14.1. The highest BCUT2D eigenvalue weighted by molar-refractivity contribution is 7.92. The van der Waals surface area contributed by atoms with E-state index in [0.717, 1.165) is 22.3 Å². The van der Waals surface area contributed by atoms with Crippen molar-refractivity contribution in [1.29, 1.82) is 0 Å². The number of likely N-dealkylation sites (tertiary alicyclic amines) is 1. The number of nitrogens with one attached hydrogen (secondary N) is 2. The SMILES string of the molecule is C=CC1CC1(NC(=O)C1CC(Oc2cc(-c3ccccc3)nc3cc(OC)ccc23)CN1C(=O)CC(C)(C)C)C(=O)NS(=O)(=O)c1cccs1. The first-order valence-electron chi connectivity index (χ1n) is 16.3. The van der Waals surface area contributed by atoms with E-state index < -0.39 is 45.4 Å². The van der Waals surface area contributed by atoms with Gasteiger partial charge in [0.05, 0.1) is 24.9 Å². The van der Waals surface area contributed by atoms with E-state index in [2.05, 4.69) is 16.6 Å². The molecule has 2 aliphatic rings. The number of methoxy groups -OCH3 is 1. The zero-order valence-electron chi connectivity index (χ0n) is 28.3.